The minimum atomic E-state index is -0.474. The van der Waals surface area contributed by atoms with E-state index >= 15 is 0 Å². The van der Waals surface area contributed by atoms with Crippen LogP contribution in [0.3, 0.4) is 0 Å². The molecule has 0 saturated carbocycles. The molecular weight excluding hydrogens is 450 g/mol. The van der Waals surface area contributed by atoms with E-state index in [9.17, 15) is 9.59 Å². The number of esters is 1. The average Bonchev–Trinajstić information content (AvgIpc) is 3.30. The quantitative estimate of drug-likeness (QED) is 0.537. The molecule has 2 aromatic rings. The number of rotatable bonds is 8. The number of aliphatic imine (C=N–C) groups is 1. The third-order valence-electron chi connectivity index (χ3n) is 5.56. The van der Waals surface area contributed by atoms with Gasteiger partial charge in [0.15, 0.2) is 11.8 Å². The van der Waals surface area contributed by atoms with Gasteiger partial charge in [-0.15, -0.1) is 0 Å². The fourth-order valence-electron chi connectivity index (χ4n) is 3.99. The van der Waals surface area contributed by atoms with Crippen LogP contribution in [0.4, 0.5) is 5.69 Å². The molecule has 8 heteroatoms. The summed E-state index contributed by atoms with van der Waals surface area (Å²) in [6.45, 7) is 5.73. The average molecular weight is 478 g/mol. The lowest BCUT2D eigenvalue weighted by Crippen LogP contribution is -2.34. The van der Waals surface area contributed by atoms with E-state index in [-0.39, 0.29) is 19.1 Å². The highest BCUT2D eigenvalue weighted by atomic mass is 32.2. The molecule has 0 unspecified atom stereocenters. The number of nitrogens with zero attached hydrogens (tertiary/aromatic N) is 2. The van der Waals surface area contributed by atoms with Crippen molar-refractivity contribution in [2.45, 2.75) is 33.2 Å². The molecule has 7 nitrogen and oxygen atoms in total. The van der Waals surface area contributed by atoms with Crippen LogP contribution >= 0.6 is 11.8 Å². The SMILES string of the molecule is CCOC(=O)C1=C(C)N=C2SC=CN2[C@H]1c1ccccc1OCC(=O)Nc1ccccc1CC. The van der Waals surface area contributed by atoms with Crippen molar-refractivity contribution in [1.82, 2.24) is 4.90 Å². The Morgan fingerprint density at radius 3 is 2.68 bits per heavy atom. The third-order valence-corrected chi connectivity index (χ3v) is 6.33. The number of aryl methyl sites for hydroxylation is 1. The van der Waals surface area contributed by atoms with Crippen molar-refractivity contribution in [3.63, 3.8) is 0 Å². The fourth-order valence-corrected chi connectivity index (χ4v) is 4.79. The van der Waals surface area contributed by atoms with Gasteiger partial charge in [0.1, 0.15) is 5.75 Å². The van der Waals surface area contributed by atoms with Crippen LogP contribution in [-0.2, 0) is 20.7 Å². The Kier molecular flexibility index (Phi) is 7.37. The second kappa shape index (κ2) is 10.6. The van der Waals surface area contributed by atoms with Gasteiger partial charge in [-0.1, -0.05) is 55.1 Å². The highest BCUT2D eigenvalue weighted by Gasteiger charge is 2.38. The van der Waals surface area contributed by atoms with E-state index < -0.39 is 12.0 Å². The minimum Gasteiger partial charge on any atom is -0.483 e. The van der Waals surface area contributed by atoms with Crippen molar-refractivity contribution in [3.05, 3.63) is 82.5 Å². The maximum absolute atomic E-state index is 12.9. The summed E-state index contributed by atoms with van der Waals surface area (Å²) in [6.07, 6.45) is 2.71. The largest absolute Gasteiger partial charge is 0.483 e. The monoisotopic (exact) mass is 477 g/mol. The molecule has 2 aliphatic heterocycles. The molecule has 0 aliphatic carbocycles. The summed E-state index contributed by atoms with van der Waals surface area (Å²) in [5.74, 6) is -0.148. The number of hydrogen-bond acceptors (Lipinski definition) is 7. The Bertz CT molecular complexity index is 1190. The van der Waals surface area contributed by atoms with E-state index in [0.29, 0.717) is 17.0 Å². The second-order valence-corrected chi connectivity index (χ2v) is 8.59. The number of nitrogens with one attached hydrogen (secondary N) is 1. The van der Waals surface area contributed by atoms with Gasteiger partial charge in [0, 0.05) is 17.5 Å². The predicted molar refractivity (Wildman–Crippen MR) is 134 cm³/mol. The number of fused-ring (bicyclic) bond motifs is 1. The zero-order chi connectivity index (χ0) is 24.1. The Morgan fingerprint density at radius 2 is 1.88 bits per heavy atom. The van der Waals surface area contributed by atoms with Crippen LogP contribution in [0.5, 0.6) is 5.75 Å². The first kappa shape index (κ1) is 23.6. The van der Waals surface area contributed by atoms with E-state index in [2.05, 4.69) is 10.3 Å². The van der Waals surface area contributed by atoms with Crippen LogP contribution in [0, 0.1) is 0 Å². The Hall–Kier alpha value is -3.52. The molecule has 0 saturated heterocycles. The number of carbonyl (C=O) groups excluding carboxylic acids is 2. The van der Waals surface area contributed by atoms with Crippen molar-refractivity contribution in [3.8, 4) is 5.75 Å². The molecule has 4 rings (SSSR count). The van der Waals surface area contributed by atoms with Gasteiger partial charge in [0.05, 0.1) is 23.9 Å². The number of ether oxygens (including phenoxy) is 2. The van der Waals surface area contributed by atoms with Gasteiger partial charge >= 0.3 is 5.97 Å². The van der Waals surface area contributed by atoms with Gasteiger partial charge in [-0.25, -0.2) is 9.79 Å². The number of benzene rings is 2. The van der Waals surface area contributed by atoms with Crippen LogP contribution in [0.15, 0.2) is 76.4 Å². The lowest BCUT2D eigenvalue weighted by Gasteiger charge is -2.34. The van der Waals surface area contributed by atoms with Gasteiger partial charge in [0.2, 0.25) is 0 Å². The summed E-state index contributed by atoms with van der Waals surface area (Å²) < 4.78 is 11.3. The number of carbonyl (C=O) groups is 2. The van der Waals surface area contributed by atoms with E-state index in [1.807, 2.05) is 72.8 Å². The van der Waals surface area contributed by atoms with Crippen molar-refractivity contribution >= 4 is 34.5 Å². The topological polar surface area (TPSA) is 80.2 Å². The van der Waals surface area contributed by atoms with E-state index in [1.54, 1.807) is 13.0 Å². The lowest BCUT2D eigenvalue weighted by molar-refractivity contribution is -0.139. The van der Waals surface area contributed by atoms with E-state index in [1.165, 1.54) is 11.8 Å². The van der Waals surface area contributed by atoms with E-state index in [0.717, 1.165) is 28.4 Å². The smallest absolute Gasteiger partial charge is 0.338 e. The second-order valence-electron chi connectivity index (χ2n) is 7.71. The normalized spacial score (nSPS) is 16.7. The summed E-state index contributed by atoms with van der Waals surface area (Å²) >= 11 is 1.49. The Balaban J connectivity index is 1.59. The highest BCUT2D eigenvalue weighted by Crippen LogP contribution is 2.43. The first-order valence-electron chi connectivity index (χ1n) is 11.2. The first-order chi connectivity index (χ1) is 16.5. The summed E-state index contributed by atoms with van der Waals surface area (Å²) in [5.41, 5.74) is 3.65. The molecule has 0 spiro atoms. The molecule has 0 bridgehead atoms. The minimum absolute atomic E-state index is 0.162. The van der Waals surface area contributed by atoms with Crippen molar-refractivity contribution in [2.24, 2.45) is 4.99 Å². The Morgan fingerprint density at radius 1 is 1.12 bits per heavy atom. The number of hydrogen-bond donors (Lipinski definition) is 1. The number of para-hydroxylation sites is 2. The molecule has 1 N–H and O–H groups in total. The van der Waals surface area contributed by atoms with Crippen LogP contribution in [-0.4, -0.2) is 35.2 Å². The standard InChI is InChI=1S/C26H27N3O4S/c1-4-18-10-6-8-12-20(18)28-22(30)16-33-21-13-9-7-11-19(21)24-23(25(31)32-5-2)17(3)27-26-29(24)14-15-34-26/h6-15,24H,4-5,16H2,1-3H3,(H,28,30)/t24-/m0/s1. The molecule has 2 heterocycles. The molecule has 2 aromatic carbocycles. The van der Waals surface area contributed by atoms with Gasteiger partial charge < -0.3 is 19.7 Å². The number of allylic oxidation sites excluding steroid dienone is 1. The van der Waals surface area contributed by atoms with Crippen LogP contribution in [0.1, 0.15) is 37.9 Å². The highest BCUT2D eigenvalue weighted by molar-refractivity contribution is 8.16. The first-order valence-corrected chi connectivity index (χ1v) is 12.1. The van der Waals surface area contributed by atoms with Crippen LogP contribution in [0.2, 0.25) is 0 Å². The Labute approximate surface area is 203 Å². The van der Waals surface area contributed by atoms with Crippen molar-refractivity contribution < 1.29 is 19.1 Å². The number of thioether (sulfide) groups is 1. The fraction of sp³-hybridized carbons (Fsp3) is 0.269. The maximum atomic E-state index is 12.9. The van der Waals surface area contributed by atoms with Gasteiger partial charge in [-0.2, -0.15) is 0 Å². The molecule has 2 aliphatic rings. The molecular formula is C26H27N3O4S. The van der Waals surface area contributed by atoms with Crippen LogP contribution < -0.4 is 10.1 Å². The predicted octanol–water partition coefficient (Wildman–Crippen LogP) is 5.03. The summed E-state index contributed by atoms with van der Waals surface area (Å²) in [7, 11) is 0. The number of anilines is 1. The van der Waals surface area contributed by atoms with Crippen LogP contribution in [0.25, 0.3) is 0 Å². The zero-order valence-electron chi connectivity index (χ0n) is 19.4. The van der Waals surface area contributed by atoms with Gasteiger partial charge in [-0.05, 0) is 43.4 Å². The van der Waals surface area contributed by atoms with E-state index in [4.69, 9.17) is 9.47 Å². The lowest BCUT2D eigenvalue weighted by atomic mass is 9.94. The summed E-state index contributed by atoms with van der Waals surface area (Å²) in [6, 6.07) is 14.7. The molecule has 1 atom stereocenters. The molecule has 0 aromatic heterocycles. The number of amides is 1. The van der Waals surface area contributed by atoms with Gasteiger partial charge in [0.25, 0.3) is 5.91 Å². The van der Waals surface area contributed by atoms with Gasteiger partial charge in [-0.3, -0.25) is 4.79 Å². The van der Waals surface area contributed by atoms with Crippen molar-refractivity contribution in [2.75, 3.05) is 18.5 Å². The zero-order valence-corrected chi connectivity index (χ0v) is 20.2. The maximum Gasteiger partial charge on any atom is 0.338 e. The molecule has 1 amide bonds. The summed E-state index contributed by atoms with van der Waals surface area (Å²) in [5, 5.41) is 5.63. The molecule has 0 radical (unpaired) electrons. The number of amidine groups is 1. The molecule has 0 fully saturated rings. The molecule has 34 heavy (non-hydrogen) atoms. The van der Waals surface area contributed by atoms with Crippen molar-refractivity contribution in [1.29, 1.82) is 0 Å². The summed E-state index contributed by atoms with van der Waals surface area (Å²) in [4.78, 5) is 32.1. The molecule has 176 valence electrons. The third kappa shape index (κ3) is 4.87.